The SMILES string of the molecule is O=C(CC(O)CNC(=O)OCC1c2ccccc2-c2ccccc21)Nc1ccc(C(=O)O)cc1F. The van der Waals surface area contributed by atoms with Crippen molar-refractivity contribution in [3.8, 4) is 11.1 Å². The lowest BCUT2D eigenvalue weighted by molar-refractivity contribution is -0.118. The van der Waals surface area contributed by atoms with Crippen molar-refractivity contribution < 1.29 is 33.7 Å². The van der Waals surface area contributed by atoms with Gasteiger partial charge in [-0.25, -0.2) is 14.0 Å². The second kappa shape index (κ2) is 10.4. The molecule has 1 aliphatic rings. The monoisotopic (exact) mass is 478 g/mol. The Kier molecular flexibility index (Phi) is 7.07. The van der Waals surface area contributed by atoms with Crippen molar-refractivity contribution in [3.63, 3.8) is 0 Å². The Hall–Kier alpha value is -4.24. The molecule has 0 radical (unpaired) electrons. The fraction of sp³-hybridized carbons (Fsp3) is 0.192. The van der Waals surface area contributed by atoms with Gasteiger partial charge in [0.05, 0.1) is 23.8 Å². The molecule has 1 atom stereocenters. The fourth-order valence-corrected chi connectivity index (χ4v) is 4.09. The summed E-state index contributed by atoms with van der Waals surface area (Å²) in [7, 11) is 0. The van der Waals surface area contributed by atoms with Crippen LogP contribution < -0.4 is 10.6 Å². The number of halogens is 1. The van der Waals surface area contributed by atoms with Crippen molar-refractivity contribution in [2.24, 2.45) is 0 Å². The second-order valence-corrected chi connectivity index (χ2v) is 8.11. The van der Waals surface area contributed by atoms with Crippen molar-refractivity contribution >= 4 is 23.7 Å². The van der Waals surface area contributed by atoms with Gasteiger partial charge < -0.3 is 25.6 Å². The first-order valence-electron chi connectivity index (χ1n) is 10.9. The molecular weight excluding hydrogens is 455 g/mol. The van der Waals surface area contributed by atoms with E-state index < -0.39 is 36.3 Å². The van der Waals surface area contributed by atoms with Gasteiger partial charge in [-0.1, -0.05) is 48.5 Å². The Morgan fingerprint density at radius 2 is 1.60 bits per heavy atom. The number of amides is 2. The number of fused-ring (bicyclic) bond motifs is 3. The first-order valence-corrected chi connectivity index (χ1v) is 10.9. The molecule has 1 aliphatic carbocycles. The van der Waals surface area contributed by atoms with Crippen LogP contribution in [0.4, 0.5) is 14.9 Å². The number of nitrogens with one attached hydrogen (secondary N) is 2. The van der Waals surface area contributed by atoms with Gasteiger partial charge in [-0.15, -0.1) is 0 Å². The van der Waals surface area contributed by atoms with Crippen molar-refractivity contribution in [3.05, 3.63) is 89.2 Å². The summed E-state index contributed by atoms with van der Waals surface area (Å²) in [5, 5.41) is 23.6. The second-order valence-electron chi connectivity index (χ2n) is 8.11. The zero-order chi connectivity index (χ0) is 24.9. The van der Waals surface area contributed by atoms with Crippen molar-refractivity contribution in [2.75, 3.05) is 18.5 Å². The maximum absolute atomic E-state index is 13.9. The number of alkyl carbamates (subject to hydrolysis) is 1. The van der Waals surface area contributed by atoms with E-state index in [4.69, 9.17) is 9.84 Å². The topological polar surface area (TPSA) is 125 Å². The van der Waals surface area contributed by atoms with E-state index in [9.17, 15) is 23.9 Å². The molecule has 3 aromatic rings. The van der Waals surface area contributed by atoms with Gasteiger partial charge in [0.25, 0.3) is 0 Å². The molecular formula is C26H23FN2O6. The number of carboxylic acids is 1. The number of benzene rings is 3. The molecule has 3 aromatic carbocycles. The van der Waals surface area contributed by atoms with E-state index in [1.54, 1.807) is 0 Å². The van der Waals surface area contributed by atoms with Gasteiger partial charge in [0.15, 0.2) is 0 Å². The summed E-state index contributed by atoms with van der Waals surface area (Å²) in [6.07, 6.45) is -2.39. The lowest BCUT2D eigenvalue weighted by Gasteiger charge is -2.16. The highest BCUT2D eigenvalue weighted by Gasteiger charge is 2.29. The molecule has 0 aromatic heterocycles. The van der Waals surface area contributed by atoms with Gasteiger partial charge in [0.2, 0.25) is 5.91 Å². The molecule has 0 fully saturated rings. The Bertz CT molecular complexity index is 1230. The van der Waals surface area contributed by atoms with Gasteiger partial charge in [0.1, 0.15) is 12.4 Å². The number of aliphatic hydroxyl groups is 1. The van der Waals surface area contributed by atoms with E-state index in [2.05, 4.69) is 10.6 Å². The van der Waals surface area contributed by atoms with Crippen LogP contribution in [-0.2, 0) is 9.53 Å². The van der Waals surface area contributed by atoms with Gasteiger partial charge in [-0.3, -0.25) is 4.79 Å². The molecule has 0 spiro atoms. The maximum Gasteiger partial charge on any atom is 0.407 e. The minimum absolute atomic E-state index is 0.105. The normalized spacial score (nSPS) is 12.9. The Morgan fingerprint density at radius 1 is 0.971 bits per heavy atom. The minimum atomic E-state index is -1.29. The number of rotatable bonds is 8. The molecule has 4 rings (SSSR count). The van der Waals surface area contributed by atoms with Crippen molar-refractivity contribution in [1.82, 2.24) is 5.32 Å². The lowest BCUT2D eigenvalue weighted by Crippen LogP contribution is -2.35. The average Bonchev–Trinajstić information content (AvgIpc) is 3.16. The third-order valence-electron chi connectivity index (χ3n) is 5.74. The number of hydrogen-bond donors (Lipinski definition) is 4. The van der Waals surface area contributed by atoms with Crippen molar-refractivity contribution in [1.29, 1.82) is 0 Å². The van der Waals surface area contributed by atoms with Crippen LogP contribution in [-0.4, -0.2) is 47.4 Å². The van der Waals surface area contributed by atoms with Gasteiger partial charge in [-0.05, 0) is 40.5 Å². The van der Waals surface area contributed by atoms with Gasteiger partial charge in [-0.2, -0.15) is 0 Å². The number of aromatic carboxylic acids is 1. The predicted octanol–water partition coefficient (Wildman–Crippen LogP) is 3.75. The molecule has 0 saturated heterocycles. The van der Waals surface area contributed by atoms with E-state index in [0.29, 0.717) is 0 Å². The van der Waals surface area contributed by atoms with E-state index in [1.807, 2.05) is 48.5 Å². The smallest absolute Gasteiger partial charge is 0.407 e. The molecule has 8 nitrogen and oxygen atoms in total. The van der Waals surface area contributed by atoms with Gasteiger partial charge >= 0.3 is 12.1 Å². The maximum atomic E-state index is 13.9. The number of carbonyl (C=O) groups is 3. The summed E-state index contributed by atoms with van der Waals surface area (Å²) >= 11 is 0. The molecule has 0 bridgehead atoms. The zero-order valence-corrected chi connectivity index (χ0v) is 18.5. The number of carboxylic acid groups (broad SMARTS) is 1. The van der Waals surface area contributed by atoms with Crippen LogP contribution in [0.1, 0.15) is 33.8 Å². The third kappa shape index (κ3) is 5.47. The summed E-state index contributed by atoms with van der Waals surface area (Å²) < 4.78 is 19.3. The molecule has 1 unspecified atom stereocenters. The molecule has 2 amide bonds. The highest BCUT2D eigenvalue weighted by Crippen LogP contribution is 2.44. The first kappa shape index (κ1) is 23.9. The number of aliphatic hydroxyl groups excluding tert-OH is 1. The highest BCUT2D eigenvalue weighted by atomic mass is 19.1. The van der Waals surface area contributed by atoms with Crippen molar-refractivity contribution in [2.45, 2.75) is 18.4 Å². The van der Waals surface area contributed by atoms with E-state index in [1.165, 1.54) is 0 Å². The molecule has 180 valence electrons. The number of ether oxygens (including phenoxy) is 1. The summed E-state index contributed by atoms with van der Waals surface area (Å²) in [4.78, 5) is 35.1. The van der Waals surface area contributed by atoms with Crippen LogP contribution in [0.5, 0.6) is 0 Å². The summed E-state index contributed by atoms with van der Waals surface area (Å²) in [6, 6.07) is 18.9. The van der Waals surface area contributed by atoms with Crippen LogP contribution in [0.3, 0.4) is 0 Å². The van der Waals surface area contributed by atoms with E-state index >= 15 is 0 Å². The van der Waals surface area contributed by atoms with Crippen LogP contribution in [0, 0.1) is 5.82 Å². The standard InChI is InChI=1S/C26H23FN2O6/c27-22-11-15(25(32)33)9-10-23(22)29-24(31)12-16(30)13-28-26(34)35-14-21-19-7-3-1-5-17(19)18-6-2-4-8-20(18)21/h1-11,16,21,30H,12-14H2,(H,28,34)(H,29,31)(H,32,33). The third-order valence-corrected chi connectivity index (χ3v) is 5.74. The molecule has 9 heteroatoms. The Labute approximate surface area is 200 Å². The van der Waals surface area contributed by atoms with E-state index in [-0.39, 0.29) is 30.3 Å². The van der Waals surface area contributed by atoms with E-state index in [0.717, 1.165) is 40.5 Å². The summed E-state index contributed by atoms with van der Waals surface area (Å²) in [5.41, 5.74) is 3.88. The quantitative estimate of drug-likeness (QED) is 0.391. The Balaban J connectivity index is 1.25. The number of hydrogen-bond acceptors (Lipinski definition) is 5. The van der Waals surface area contributed by atoms with Crippen LogP contribution >= 0.6 is 0 Å². The molecule has 0 saturated carbocycles. The lowest BCUT2D eigenvalue weighted by atomic mass is 9.98. The molecule has 0 aliphatic heterocycles. The molecule has 4 N–H and O–H groups in total. The first-order chi connectivity index (χ1) is 16.8. The predicted molar refractivity (Wildman–Crippen MR) is 126 cm³/mol. The largest absolute Gasteiger partial charge is 0.478 e. The zero-order valence-electron chi connectivity index (χ0n) is 18.5. The summed E-state index contributed by atoms with van der Waals surface area (Å²) in [5.74, 6) is -3.01. The molecule has 0 heterocycles. The molecule has 35 heavy (non-hydrogen) atoms. The fourth-order valence-electron chi connectivity index (χ4n) is 4.09. The average molecular weight is 478 g/mol. The van der Waals surface area contributed by atoms with Crippen LogP contribution in [0.15, 0.2) is 66.7 Å². The summed E-state index contributed by atoms with van der Waals surface area (Å²) in [6.45, 7) is -0.132. The van der Waals surface area contributed by atoms with Gasteiger partial charge in [0, 0.05) is 12.5 Å². The highest BCUT2D eigenvalue weighted by molar-refractivity contribution is 5.93. The minimum Gasteiger partial charge on any atom is -0.478 e. The Morgan fingerprint density at radius 3 is 2.20 bits per heavy atom. The van der Waals surface area contributed by atoms with Crippen LogP contribution in [0.2, 0.25) is 0 Å². The number of anilines is 1. The van der Waals surface area contributed by atoms with Crippen LogP contribution in [0.25, 0.3) is 11.1 Å². The number of carbonyl (C=O) groups excluding carboxylic acids is 2.